The van der Waals surface area contributed by atoms with E-state index in [1.54, 1.807) is 6.20 Å². The molecule has 3 rings (SSSR count). The van der Waals surface area contributed by atoms with Crippen LogP contribution in [-0.2, 0) is 6.54 Å². The van der Waals surface area contributed by atoms with E-state index in [1.165, 1.54) is 5.56 Å². The maximum absolute atomic E-state index is 5.82. The van der Waals surface area contributed by atoms with Crippen molar-refractivity contribution < 1.29 is 0 Å². The van der Waals surface area contributed by atoms with E-state index in [0.717, 1.165) is 31.0 Å². The molecule has 4 nitrogen and oxygen atoms in total. The number of pyridine rings is 1. The first-order chi connectivity index (χ1) is 11.3. The van der Waals surface area contributed by atoms with Gasteiger partial charge in [0.1, 0.15) is 5.15 Å². The highest BCUT2D eigenvalue weighted by atomic mass is 35.5. The summed E-state index contributed by atoms with van der Waals surface area (Å²) in [6.07, 6.45) is 2.95. The summed E-state index contributed by atoms with van der Waals surface area (Å²) in [5.41, 5.74) is 2.50. The van der Waals surface area contributed by atoms with E-state index in [2.05, 4.69) is 50.5 Å². The minimum atomic E-state index is 0.517. The lowest BCUT2D eigenvalue weighted by molar-refractivity contribution is 0.486. The number of benzene rings is 1. The summed E-state index contributed by atoms with van der Waals surface area (Å²) in [5, 5.41) is 3.93. The topological polar surface area (TPSA) is 40.5 Å². The van der Waals surface area contributed by atoms with Crippen LogP contribution in [0.5, 0.6) is 0 Å². The fraction of sp³-hybridized carbons (Fsp3) is 0.333. The average Bonchev–Trinajstić information content (AvgIpc) is 3.08. The number of hydrogen-bond donors (Lipinski definition) is 1. The fourth-order valence-corrected chi connectivity index (χ4v) is 3.09. The zero-order valence-electron chi connectivity index (χ0n) is 13.2. The lowest BCUT2D eigenvalue weighted by atomic mass is 9.99. The normalized spacial score (nSPS) is 18.3. The molecule has 1 atom stereocenters. The van der Waals surface area contributed by atoms with Gasteiger partial charge in [0.25, 0.3) is 0 Å². The van der Waals surface area contributed by atoms with E-state index >= 15 is 0 Å². The van der Waals surface area contributed by atoms with Crippen LogP contribution in [0.4, 0.5) is 0 Å². The van der Waals surface area contributed by atoms with Gasteiger partial charge in [0, 0.05) is 38.8 Å². The van der Waals surface area contributed by atoms with Crippen molar-refractivity contribution in [2.45, 2.75) is 18.9 Å². The van der Waals surface area contributed by atoms with Crippen molar-refractivity contribution in [1.82, 2.24) is 15.2 Å². The van der Waals surface area contributed by atoms with Crippen molar-refractivity contribution in [1.29, 1.82) is 0 Å². The zero-order valence-corrected chi connectivity index (χ0v) is 14.0. The molecule has 2 aromatic rings. The molecular weight excluding hydrogens is 308 g/mol. The minimum Gasteiger partial charge on any atom is -0.352 e. The first kappa shape index (κ1) is 15.8. The van der Waals surface area contributed by atoms with Crippen LogP contribution in [0.25, 0.3) is 0 Å². The standard InChI is InChI=1S/C18H21ClN4/c1-20-18(22-12-14-7-8-17(19)21-11-14)23-10-9-16(13-23)15-5-3-2-4-6-15/h2-8,11,16H,9-10,12-13H2,1H3,(H,20,22). The number of likely N-dealkylation sites (tertiary alicyclic amines) is 1. The van der Waals surface area contributed by atoms with Gasteiger partial charge in [-0.2, -0.15) is 0 Å². The van der Waals surface area contributed by atoms with Crippen LogP contribution in [0, 0.1) is 0 Å². The SMILES string of the molecule is CN=C(NCc1ccc(Cl)nc1)N1CCC(c2ccccc2)C1. The third kappa shape index (κ3) is 4.02. The van der Waals surface area contributed by atoms with Crippen LogP contribution < -0.4 is 5.32 Å². The monoisotopic (exact) mass is 328 g/mol. The van der Waals surface area contributed by atoms with Gasteiger partial charge in [0.15, 0.2) is 5.96 Å². The Morgan fingerprint density at radius 1 is 1.30 bits per heavy atom. The fourth-order valence-electron chi connectivity index (χ4n) is 2.97. The molecule has 120 valence electrons. The minimum absolute atomic E-state index is 0.517. The number of rotatable bonds is 3. The van der Waals surface area contributed by atoms with Gasteiger partial charge in [0.05, 0.1) is 0 Å². The number of halogens is 1. The van der Waals surface area contributed by atoms with E-state index in [1.807, 2.05) is 19.2 Å². The van der Waals surface area contributed by atoms with Crippen LogP contribution in [0.2, 0.25) is 5.15 Å². The predicted molar refractivity (Wildman–Crippen MR) is 94.8 cm³/mol. The Morgan fingerprint density at radius 2 is 2.13 bits per heavy atom. The van der Waals surface area contributed by atoms with Crippen molar-refractivity contribution in [2.24, 2.45) is 4.99 Å². The van der Waals surface area contributed by atoms with Crippen LogP contribution in [-0.4, -0.2) is 36.0 Å². The molecule has 1 aliphatic rings. The van der Waals surface area contributed by atoms with Crippen molar-refractivity contribution in [3.05, 3.63) is 64.9 Å². The van der Waals surface area contributed by atoms with E-state index in [4.69, 9.17) is 11.6 Å². The van der Waals surface area contributed by atoms with Crippen molar-refractivity contribution in [2.75, 3.05) is 20.1 Å². The van der Waals surface area contributed by atoms with Gasteiger partial charge in [0.2, 0.25) is 0 Å². The van der Waals surface area contributed by atoms with E-state index in [-0.39, 0.29) is 0 Å². The largest absolute Gasteiger partial charge is 0.352 e. The molecule has 23 heavy (non-hydrogen) atoms. The summed E-state index contributed by atoms with van der Waals surface area (Å²) in [4.78, 5) is 10.8. The molecule has 0 bridgehead atoms. The molecule has 5 heteroatoms. The molecule has 0 radical (unpaired) electrons. The van der Waals surface area contributed by atoms with Crippen LogP contribution in [0.15, 0.2) is 53.7 Å². The van der Waals surface area contributed by atoms with Gasteiger partial charge >= 0.3 is 0 Å². The maximum Gasteiger partial charge on any atom is 0.193 e. The summed E-state index contributed by atoms with van der Waals surface area (Å²) in [7, 11) is 1.83. The zero-order chi connectivity index (χ0) is 16.1. The Kier molecular flexibility index (Phi) is 5.13. The molecule has 0 aliphatic carbocycles. The Labute approximate surface area is 142 Å². The van der Waals surface area contributed by atoms with Gasteiger partial charge < -0.3 is 10.2 Å². The van der Waals surface area contributed by atoms with Crippen molar-refractivity contribution in [3.8, 4) is 0 Å². The summed E-state index contributed by atoms with van der Waals surface area (Å²) < 4.78 is 0. The molecule has 0 spiro atoms. The quantitative estimate of drug-likeness (QED) is 0.534. The Morgan fingerprint density at radius 3 is 2.83 bits per heavy atom. The molecule has 0 amide bonds. The molecule has 1 aliphatic heterocycles. The molecule has 1 unspecified atom stereocenters. The predicted octanol–water partition coefficient (Wildman–Crippen LogP) is 3.30. The highest BCUT2D eigenvalue weighted by molar-refractivity contribution is 6.29. The number of aliphatic imine (C=N–C) groups is 1. The van der Waals surface area contributed by atoms with E-state index in [0.29, 0.717) is 17.6 Å². The first-order valence-corrected chi connectivity index (χ1v) is 8.25. The second-order valence-electron chi connectivity index (χ2n) is 5.73. The smallest absolute Gasteiger partial charge is 0.193 e. The Balaban J connectivity index is 1.58. The third-order valence-electron chi connectivity index (χ3n) is 4.21. The molecule has 1 aromatic heterocycles. The number of nitrogens with zero attached hydrogens (tertiary/aromatic N) is 3. The highest BCUT2D eigenvalue weighted by Crippen LogP contribution is 2.26. The lowest BCUT2D eigenvalue weighted by Crippen LogP contribution is -2.39. The molecule has 1 fully saturated rings. The van der Waals surface area contributed by atoms with Gasteiger partial charge in [-0.1, -0.05) is 48.0 Å². The molecular formula is C18H21ClN4. The van der Waals surface area contributed by atoms with Gasteiger partial charge in [-0.05, 0) is 23.6 Å². The van der Waals surface area contributed by atoms with E-state index < -0.39 is 0 Å². The number of guanidine groups is 1. The molecule has 1 aromatic carbocycles. The molecule has 2 heterocycles. The molecule has 1 N–H and O–H groups in total. The van der Waals surface area contributed by atoms with Crippen LogP contribution in [0.3, 0.4) is 0 Å². The van der Waals surface area contributed by atoms with Gasteiger partial charge in [-0.25, -0.2) is 4.98 Å². The highest BCUT2D eigenvalue weighted by Gasteiger charge is 2.25. The van der Waals surface area contributed by atoms with Crippen molar-refractivity contribution >= 4 is 17.6 Å². The molecule has 0 saturated carbocycles. The second-order valence-corrected chi connectivity index (χ2v) is 6.12. The summed E-state index contributed by atoms with van der Waals surface area (Å²) in [5.74, 6) is 1.52. The summed E-state index contributed by atoms with van der Waals surface area (Å²) >= 11 is 5.82. The van der Waals surface area contributed by atoms with Crippen LogP contribution >= 0.6 is 11.6 Å². The van der Waals surface area contributed by atoms with Gasteiger partial charge in [-0.15, -0.1) is 0 Å². The number of aromatic nitrogens is 1. The van der Waals surface area contributed by atoms with Gasteiger partial charge in [-0.3, -0.25) is 4.99 Å². The maximum atomic E-state index is 5.82. The average molecular weight is 329 g/mol. The number of hydrogen-bond acceptors (Lipinski definition) is 2. The van der Waals surface area contributed by atoms with Crippen LogP contribution in [0.1, 0.15) is 23.5 Å². The summed E-state index contributed by atoms with van der Waals surface area (Å²) in [6, 6.07) is 14.5. The molecule has 1 saturated heterocycles. The third-order valence-corrected chi connectivity index (χ3v) is 4.43. The summed E-state index contributed by atoms with van der Waals surface area (Å²) in [6.45, 7) is 2.73. The first-order valence-electron chi connectivity index (χ1n) is 7.87. The Bertz CT molecular complexity index is 654. The van der Waals surface area contributed by atoms with E-state index in [9.17, 15) is 0 Å². The Hall–Kier alpha value is -2.07. The second kappa shape index (κ2) is 7.47. The lowest BCUT2D eigenvalue weighted by Gasteiger charge is -2.21. The van der Waals surface area contributed by atoms with Crippen molar-refractivity contribution in [3.63, 3.8) is 0 Å². The number of nitrogens with one attached hydrogen (secondary N) is 1.